The molecule has 1 amide bonds. The van der Waals surface area contributed by atoms with Gasteiger partial charge in [-0.05, 0) is 49.6 Å². The Hall–Kier alpha value is -2.13. The molecule has 2 aromatic rings. The highest BCUT2D eigenvalue weighted by atomic mass is 16.5. The molecule has 0 bridgehead atoms. The van der Waals surface area contributed by atoms with Crippen molar-refractivity contribution in [3.63, 3.8) is 0 Å². The summed E-state index contributed by atoms with van der Waals surface area (Å²) in [7, 11) is 1.63. The number of hydrogen-bond donors (Lipinski definition) is 1. The molecule has 3 heteroatoms. The summed E-state index contributed by atoms with van der Waals surface area (Å²) in [5.74, 6) is -0.0680. The van der Waals surface area contributed by atoms with Crippen molar-refractivity contribution < 1.29 is 9.53 Å². The van der Waals surface area contributed by atoms with Crippen LogP contribution >= 0.6 is 0 Å². The van der Waals surface area contributed by atoms with Crippen LogP contribution in [0.3, 0.4) is 0 Å². The number of hydrogen-bond acceptors (Lipinski definition) is 2. The van der Waals surface area contributed by atoms with Gasteiger partial charge in [-0.3, -0.25) is 4.79 Å². The van der Waals surface area contributed by atoms with Crippen LogP contribution in [0.25, 0.3) is 11.1 Å². The lowest BCUT2D eigenvalue weighted by molar-refractivity contribution is 0.0905. The van der Waals surface area contributed by atoms with E-state index < -0.39 is 0 Å². The second-order valence-electron chi connectivity index (χ2n) is 5.78. The van der Waals surface area contributed by atoms with Gasteiger partial charge in [0.15, 0.2) is 0 Å². The monoisotopic (exact) mass is 357 g/mol. The summed E-state index contributed by atoms with van der Waals surface area (Å²) in [6.45, 7) is 14.5. The van der Waals surface area contributed by atoms with E-state index in [4.69, 9.17) is 4.74 Å². The number of carbonyl (C=O) groups is 1. The maximum absolute atomic E-state index is 12.4. The summed E-state index contributed by atoms with van der Waals surface area (Å²) in [5, 5.41) is 2.95. The predicted octanol–water partition coefficient (Wildman–Crippen LogP) is 5.79. The number of aryl methyl sites for hydroxylation is 2. The van der Waals surface area contributed by atoms with Gasteiger partial charge in [-0.1, -0.05) is 63.6 Å². The molecule has 0 heterocycles. The van der Waals surface area contributed by atoms with Gasteiger partial charge in [-0.2, -0.15) is 0 Å². The lowest BCUT2D eigenvalue weighted by atomic mass is 9.99. The van der Waals surface area contributed by atoms with Gasteiger partial charge >= 0.3 is 0 Å². The molecule has 1 unspecified atom stereocenters. The zero-order chi connectivity index (χ0) is 20.1. The zero-order valence-electron chi connectivity index (χ0n) is 17.6. The molecule has 0 saturated carbocycles. The van der Waals surface area contributed by atoms with E-state index in [0.29, 0.717) is 12.2 Å². The first-order valence-corrected chi connectivity index (χ1v) is 9.48. The lowest BCUT2D eigenvalue weighted by Crippen LogP contribution is -2.35. The molecule has 2 aromatic carbocycles. The topological polar surface area (TPSA) is 38.3 Å². The second-order valence-corrected chi connectivity index (χ2v) is 5.78. The minimum atomic E-state index is -0.0680. The fraction of sp³-hybridized carbons (Fsp3) is 0.435. The predicted molar refractivity (Wildman–Crippen MR) is 113 cm³/mol. The molecule has 0 fully saturated rings. The summed E-state index contributed by atoms with van der Waals surface area (Å²) < 4.78 is 5.05. The van der Waals surface area contributed by atoms with E-state index in [1.807, 2.05) is 53.7 Å². The highest BCUT2D eigenvalue weighted by molar-refractivity contribution is 5.96. The van der Waals surface area contributed by atoms with E-state index in [1.54, 1.807) is 7.11 Å². The van der Waals surface area contributed by atoms with Crippen LogP contribution in [0.5, 0.6) is 0 Å². The molecular weight excluding hydrogens is 322 g/mol. The number of benzene rings is 2. The molecule has 0 radical (unpaired) electrons. The quantitative estimate of drug-likeness (QED) is 0.736. The van der Waals surface area contributed by atoms with Crippen molar-refractivity contribution in [3.05, 3.63) is 59.2 Å². The van der Waals surface area contributed by atoms with Gasteiger partial charge in [0.2, 0.25) is 0 Å². The van der Waals surface area contributed by atoms with Gasteiger partial charge in [0.1, 0.15) is 0 Å². The van der Waals surface area contributed by atoms with Crippen LogP contribution in [0.1, 0.15) is 56.1 Å². The van der Waals surface area contributed by atoms with Crippen molar-refractivity contribution >= 4 is 5.91 Å². The van der Waals surface area contributed by atoms with Crippen molar-refractivity contribution in [3.8, 4) is 11.1 Å². The number of ether oxygens (including phenoxy) is 1. The first kappa shape index (κ1) is 23.9. The number of rotatable bonds is 5. The third-order valence-corrected chi connectivity index (χ3v) is 3.52. The Morgan fingerprint density at radius 2 is 1.50 bits per heavy atom. The average molecular weight is 358 g/mol. The Kier molecular flexibility index (Phi) is 12.0. The maximum Gasteiger partial charge on any atom is 0.251 e. The summed E-state index contributed by atoms with van der Waals surface area (Å²) in [6.07, 6.45) is 0. The van der Waals surface area contributed by atoms with Crippen LogP contribution in [-0.4, -0.2) is 25.7 Å². The van der Waals surface area contributed by atoms with Crippen LogP contribution in [0, 0.1) is 13.8 Å². The van der Waals surface area contributed by atoms with Crippen molar-refractivity contribution in [2.45, 2.75) is 54.5 Å². The maximum atomic E-state index is 12.4. The minimum Gasteiger partial charge on any atom is -0.383 e. The van der Waals surface area contributed by atoms with E-state index in [1.165, 1.54) is 5.56 Å². The molecule has 3 nitrogen and oxygen atoms in total. The molecule has 144 valence electrons. The smallest absolute Gasteiger partial charge is 0.251 e. The average Bonchev–Trinajstić information content (AvgIpc) is 2.65. The van der Waals surface area contributed by atoms with Crippen LogP contribution < -0.4 is 5.32 Å². The summed E-state index contributed by atoms with van der Waals surface area (Å²) in [6, 6.07) is 14.3. The lowest BCUT2D eigenvalue weighted by Gasteiger charge is -2.14. The van der Waals surface area contributed by atoms with Crippen LogP contribution in [0.15, 0.2) is 42.5 Å². The Labute approximate surface area is 159 Å². The Bertz CT molecular complexity index is 648. The number of carbonyl (C=O) groups excluding carboxylic acids is 1. The second kappa shape index (κ2) is 13.1. The number of methoxy groups -OCH3 is 1. The largest absolute Gasteiger partial charge is 0.383 e. The first-order valence-electron chi connectivity index (χ1n) is 9.48. The summed E-state index contributed by atoms with van der Waals surface area (Å²) >= 11 is 0. The fourth-order valence-electron chi connectivity index (χ4n) is 2.43. The van der Waals surface area contributed by atoms with Crippen LogP contribution in [0.4, 0.5) is 0 Å². The molecule has 2 rings (SSSR count). The van der Waals surface area contributed by atoms with Crippen molar-refractivity contribution in [1.29, 1.82) is 0 Å². The first-order chi connectivity index (χ1) is 12.5. The minimum absolute atomic E-state index is 0.0131. The van der Waals surface area contributed by atoms with Crippen LogP contribution in [0.2, 0.25) is 0 Å². The summed E-state index contributed by atoms with van der Waals surface area (Å²) in [4.78, 5) is 12.4. The standard InChI is InChI=1S/C19H23NO2.2C2H6/c1-13-5-7-16(8-6-13)17-9-14(2)10-18(11-17)19(21)20-15(3)12-22-4;2*1-2/h5-11,15H,12H2,1-4H3,(H,20,21);2*1-2H3. The van der Waals surface area contributed by atoms with Gasteiger partial charge in [0, 0.05) is 18.7 Å². The normalized spacial score (nSPS) is 10.6. The Balaban J connectivity index is 0.00000146. The van der Waals surface area contributed by atoms with Gasteiger partial charge in [-0.15, -0.1) is 0 Å². The SMILES string of the molecule is CC.CC.COCC(C)NC(=O)c1cc(C)cc(-c2ccc(C)cc2)c1. The molecule has 0 saturated heterocycles. The molecule has 0 aliphatic rings. The van der Waals surface area contributed by atoms with E-state index in [-0.39, 0.29) is 11.9 Å². The highest BCUT2D eigenvalue weighted by Crippen LogP contribution is 2.23. The van der Waals surface area contributed by atoms with Crippen molar-refractivity contribution in [2.75, 3.05) is 13.7 Å². The number of nitrogens with one attached hydrogen (secondary N) is 1. The van der Waals surface area contributed by atoms with Gasteiger partial charge in [-0.25, -0.2) is 0 Å². The summed E-state index contributed by atoms with van der Waals surface area (Å²) in [5.41, 5.74) is 5.15. The highest BCUT2D eigenvalue weighted by Gasteiger charge is 2.11. The van der Waals surface area contributed by atoms with E-state index in [2.05, 4.69) is 42.6 Å². The van der Waals surface area contributed by atoms with Gasteiger partial charge in [0.05, 0.1) is 6.61 Å². The van der Waals surface area contributed by atoms with Gasteiger partial charge in [0.25, 0.3) is 5.91 Å². The zero-order valence-corrected chi connectivity index (χ0v) is 17.6. The molecule has 1 atom stereocenters. The molecule has 26 heavy (non-hydrogen) atoms. The molecule has 0 spiro atoms. The molecule has 0 aromatic heterocycles. The fourth-order valence-corrected chi connectivity index (χ4v) is 2.43. The molecule has 1 N–H and O–H groups in total. The Morgan fingerprint density at radius 1 is 0.923 bits per heavy atom. The third kappa shape index (κ3) is 7.83. The molecular formula is C23H35NO2. The Morgan fingerprint density at radius 3 is 2.04 bits per heavy atom. The third-order valence-electron chi connectivity index (χ3n) is 3.52. The molecule has 0 aliphatic carbocycles. The van der Waals surface area contributed by atoms with E-state index in [0.717, 1.165) is 16.7 Å². The van der Waals surface area contributed by atoms with E-state index in [9.17, 15) is 4.79 Å². The van der Waals surface area contributed by atoms with E-state index >= 15 is 0 Å². The van der Waals surface area contributed by atoms with Gasteiger partial charge < -0.3 is 10.1 Å². The van der Waals surface area contributed by atoms with Crippen LogP contribution in [-0.2, 0) is 4.74 Å². The van der Waals surface area contributed by atoms with Crippen molar-refractivity contribution in [1.82, 2.24) is 5.32 Å². The number of amides is 1. The van der Waals surface area contributed by atoms with Crippen molar-refractivity contribution in [2.24, 2.45) is 0 Å². The molecule has 0 aliphatic heterocycles.